The van der Waals surface area contributed by atoms with Crippen LogP contribution in [0.1, 0.15) is 16.8 Å². The van der Waals surface area contributed by atoms with Gasteiger partial charge in [0, 0.05) is 27.7 Å². The van der Waals surface area contributed by atoms with E-state index in [2.05, 4.69) is 38.5 Å². The van der Waals surface area contributed by atoms with Gasteiger partial charge in [0.25, 0.3) is 5.91 Å². The molecule has 1 aromatic rings. The number of benzene rings is 1. The summed E-state index contributed by atoms with van der Waals surface area (Å²) in [5.74, 6) is 0.0842. The lowest BCUT2D eigenvalue weighted by Crippen LogP contribution is -2.33. The van der Waals surface area contributed by atoms with E-state index in [-0.39, 0.29) is 5.91 Å². The predicted octanol–water partition coefficient (Wildman–Crippen LogP) is 2.92. The van der Waals surface area contributed by atoms with Gasteiger partial charge in [-0.15, -0.1) is 0 Å². The molecule has 1 amide bonds. The van der Waals surface area contributed by atoms with E-state index in [0.717, 1.165) is 33.2 Å². The third-order valence-electron chi connectivity index (χ3n) is 2.67. The van der Waals surface area contributed by atoms with Gasteiger partial charge in [-0.1, -0.05) is 0 Å². The Morgan fingerprint density at radius 2 is 2.18 bits per heavy atom. The minimum absolute atomic E-state index is 0.0842. The second-order valence-electron chi connectivity index (χ2n) is 3.88. The average molecular weight is 410 g/mol. The molecular formula is C12H13BrINO2. The third-order valence-corrected chi connectivity index (χ3v) is 4.03. The summed E-state index contributed by atoms with van der Waals surface area (Å²) in [7, 11) is 0. The van der Waals surface area contributed by atoms with Gasteiger partial charge in [-0.25, -0.2) is 0 Å². The molecule has 3 nitrogen and oxygen atoms in total. The molecule has 0 saturated carbocycles. The molecule has 17 heavy (non-hydrogen) atoms. The average Bonchev–Trinajstić information content (AvgIpc) is 2.60. The van der Waals surface area contributed by atoms with Crippen LogP contribution in [0, 0.1) is 3.57 Å². The predicted molar refractivity (Wildman–Crippen MR) is 78.2 cm³/mol. The first-order valence-corrected chi connectivity index (χ1v) is 7.38. The van der Waals surface area contributed by atoms with Gasteiger partial charge in [0.15, 0.2) is 0 Å². The fraction of sp³-hybridized carbons (Fsp3) is 0.417. The highest BCUT2D eigenvalue weighted by Gasteiger charge is 2.19. The van der Waals surface area contributed by atoms with Crippen LogP contribution in [-0.4, -0.2) is 37.1 Å². The van der Waals surface area contributed by atoms with Gasteiger partial charge in [-0.2, -0.15) is 0 Å². The van der Waals surface area contributed by atoms with Gasteiger partial charge in [0.2, 0.25) is 0 Å². The Labute approximate surface area is 123 Å². The van der Waals surface area contributed by atoms with E-state index in [1.54, 1.807) is 0 Å². The van der Waals surface area contributed by atoms with Crippen LogP contribution in [0.3, 0.4) is 0 Å². The van der Waals surface area contributed by atoms with Gasteiger partial charge >= 0.3 is 0 Å². The van der Waals surface area contributed by atoms with Gasteiger partial charge in [-0.3, -0.25) is 4.79 Å². The first-order valence-electron chi connectivity index (χ1n) is 5.50. The number of hydrogen-bond acceptors (Lipinski definition) is 2. The lowest BCUT2D eigenvalue weighted by molar-refractivity contribution is 0.0740. The van der Waals surface area contributed by atoms with Crippen molar-refractivity contribution in [2.24, 2.45) is 0 Å². The SMILES string of the molecule is O=C(c1cc(I)ccc1Br)N1CCCOCC1. The molecule has 5 heteroatoms. The van der Waals surface area contributed by atoms with E-state index in [4.69, 9.17) is 4.74 Å². The summed E-state index contributed by atoms with van der Waals surface area (Å²) in [4.78, 5) is 14.2. The second kappa shape index (κ2) is 6.15. The van der Waals surface area contributed by atoms with Crippen molar-refractivity contribution >= 4 is 44.4 Å². The fourth-order valence-corrected chi connectivity index (χ4v) is 2.69. The summed E-state index contributed by atoms with van der Waals surface area (Å²) in [5.41, 5.74) is 0.735. The first-order chi connectivity index (χ1) is 8.18. The van der Waals surface area contributed by atoms with Crippen LogP contribution in [0.5, 0.6) is 0 Å². The zero-order valence-corrected chi connectivity index (χ0v) is 13.0. The van der Waals surface area contributed by atoms with Crippen molar-refractivity contribution in [3.63, 3.8) is 0 Å². The monoisotopic (exact) mass is 409 g/mol. The van der Waals surface area contributed by atoms with Crippen molar-refractivity contribution in [1.82, 2.24) is 4.90 Å². The molecule has 1 saturated heterocycles. The summed E-state index contributed by atoms with van der Waals surface area (Å²) in [6, 6.07) is 5.81. The zero-order chi connectivity index (χ0) is 12.3. The van der Waals surface area contributed by atoms with Gasteiger partial charge < -0.3 is 9.64 Å². The maximum atomic E-state index is 12.4. The Morgan fingerprint density at radius 3 is 3.00 bits per heavy atom. The quantitative estimate of drug-likeness (QED) is 0.667. The van der Waals surface area contributed by atoms with Crippen molar-refractivity contribution in [2.75, 3.05) is 26.3 Å². The minimum Gasteiger partial charge on any atom is -0.380 e. The van der Waals surface area contributed by atoms with Crippen LogP contribution < -0.4 is 0 Å². The van der Waals surface area contributed by atoms with Crippen LogP contribution in [-0.2, 0) is 4.74 Å². The molecule has 0 N–H and O–H groups in total. The van der Waals surface area contributed by atoms with Gasteiger partial charge in [0.1, 0.15) is 0 Å². The molecule has 1 aliphatic rings. The summed E-state index contributed by atoms with van der Waals surface area (Å²) in [6.45, 7) is 2.83. The highest BCUT2D eigenvalue weighted by atomic mass is 127. The smallest absolute Gasteiger partial charge is 0.255 e. The lowest BCUT2D eigenvalue weighted by atomic mass is 10.2. The summed E-state index contributed by atoms with van der Waals surface area (Å²) >= 11 is 5.65. The molecule has 92 valence electrons. The number of rotatable bonds is 1. The Hall–Kier alpha value is -0.140. The molecular weight excluding hydrogens is 397 g/mol. The molecule has 0 unspecified atom stereocenters. The van der Waals surface area contributed by atoms with Crippen LogP contribution in [0.2, 0.25) is 0 Å². The molecule has 0 spiro atoms. The Balaban J connectivity index is 2.20. The summed E-state index contributed by atoms with van der Waals surface area (Å²) in [6.07, 6.45) is 0.910. The van der Waals surface area contributed by atoms with Crippen molar-refractivity contribution < 1.29 is 9.53 Å². The number of nitrogens with zero attached hydrogens (tertiary/aromatic N) is 1. The van der Waals surface area contributed by atoms with Crippen molar-refractivity contribution in [1.29, 1.82) is 0 Å². The molecule has 2 rings (SSSR count). The van der Waals surface area contributed by atoms with Crippen molar-refractivity contribution in [3.8, 4) is 0 Å². The van der Waals surface area contributed by atoms with E-state index in [9.17, 15) is 4.79 Å². The van der Waals surface area contributed by atoms with Crippen LogP contribution in [0.15, 0.2) is 22.7 Å². The molecule has 1 aliphatic heterocycles. The third kappa shape index (κ3) is 3.42. The number of carbonyl (C=O) groups is 1. The maximum Gasteiger partial charge on any atom is 0.255 e. The zero-order valence-electron chi connectivity index (χ0n) is 9.29. The topological polar surface area (TPSA) is 29.5 Å². The molecule has 1 heterocycles. The Kier molecular flexibility index (Phi) is 4.81. The fourth-order valence-electron chi connectivity index (χ4n) is 1.78. The standard InChI is InChI=1S/C12H13BrINO2/c13-11-3-2-9(14)8-10(11)12(16)15-4-1-6-17-7-5-15/h2-3,8H,1,4-7H2. The number of hydrogen-bond donors (Lipinski definition) is 0. The van der Waals surface area contributed by atoms with Crippen LogP contribution in [0.25, 0.3) is 0 Å². The number of ether oxygens (including phenoxy) is 1. The Bertz CT molecular complexity index is 417. The summed E-state index contributed by atoms with van der Waals surface area (Å²) in [5, 5.41) is 0. The Morgan fingerprint density at radius 1 is 1.35 bits per heavy atom. The molecule has 0 atom stereocenters. The van der Waals surface area contributed by atoms with E-state index in [1.165, 1.54) is 0 Å². The van der Waals surface area contributed by atoms with Crippen molar-refractivity contribution in [2.45, 2.75) is 6.42 Å². The molecule has 1 aromatic carbocycles. The normalized spacial score (nSPS) is 16.7. The molecule has 0 aliphatic carbocycles. The van der Waals surface area contributed by atoms with Crippen LogP contribution in [0.4, 0.5) is 0 Å². The number of halogens is 2. The van der Waals surface area contributed by atoms with E-state index >= 15 is 0 Å². The maximum absolute atomic E-state index is 12.4. The molecule has 0 radical (unpaired) electrons. The first kappa shape index (κ1) is 13.3. The van der Waals surface area contributed by atoms with E-state index < -0.39 is 0 Å². The summed E-state index contributed by atoms with van der Waals surface area (Å²) < 4.78 is 7.28. The van der Waals surface area contributed by atoms with Crippen molar-refractivity contribution in [3.05, 3.63) is 31.8 Å². The van der Waals surface area contributed by atoms with Gasteiger partial charge in [0.05, 0.1) is 12.2 Å². The number of amides is 1. The molecule has 0 bridgehead atoms. The lowest BCUT2D eigenvalue weighted by Gasteiger charge is -2.20. The van der Waals surface area contributed by atoms with Crippen LogP contribution >= 0.6 is 38.5 Å². The minimum atomic E-state index is 0.0842. The highest BCUT2D eigenvalue weighted by Crippen LogP contribution is 2.21. The number of carbonyl (C=O) groups excluding carboxylic acids is 1. The van der Waals surface area contributed by atoms with Gasteiger partial charge in [-0.05, 0) is 63.1 Å². The van der Waals surface area contributed by atoms with E-state index in [1.807, 2.05) is 23.1 Å². The largest absolute Gasteiger partial charge is 0.380 e. The molecule has 1 fully saturated rings. The van der Waals surface area contributed by atoms with E-state index in [0.29, 0.717) is 13.2 Å². The highest BCUT2D eigenvalue weighted by molar-refractivity contribution is 14.1. The second-order valence-corrected chi connectivity index (χ2v) is 5.98. The molecule has 0 aromatic heterocycles.